The average Bonchev–Trinajstić information content (AvgIpc) is 3.39. The van der Waals surface area contributed by atoms with E-state index in [4.69, 9.17) is 0 Å². The van der Waals surface area contributed by atoms with Crippen LogP contribution in [0.5, 0.6) is 0 Å². The van der Waals surface area contributed by atoms with Gasteiger partial charge in [-0.15, -0.1) is 5.10 Å². The van der Waals surface area contributed by atoms with E-state index in [-0.39, 0.29) is 23.2 Å². The van der Waals surface area contributed by atoms with E-state index in [0.717, 1.165) is 29.8 Å². The van der Waals surface area contributed by atoms with Gasteiger partial charge >= 0.3 is 0 Å². The van der Waals surface area contributed by atoms with Gasteiger partial charge in [0.1, 0.15) is 5.82 Å². The van der Waals surface area contributed by atoms with Crippen LogP contribution in [0.4, 0.5) is 10.1 Å². The van der Waals surface area contributed by atoms with Crippen molar-refractivity contribution in [2.24, 2.45) is 0 Å². The molecule has 5 nitrogen and oxygen atoms in total. The standard InChI is InChI=1S/C20H18BrFN4O/c1-12-3-8-15(9-4-12)26-19(13-5-6-13)18(23-24-26)20(27)25(2)17-10-7-14(21)11-16(17)22/h3-4,7-11,13H,5-6H2,1-2H3. The lowest BCUT2D eigenvalue weighted by Crippen LogP contribution is -2.28. The summed E-state index contributed by atoms with van der Waals surface area (Å²) in [7, 11) is 1.55. The number of benzene rings is 2. The molecule has 1 saturated carbocycles. The lowest BCUT2D eigenvalue weighted by Gasteiger charge is -2.18. The largest absolute Gasteiger partial charge is 0.307 e. The van der Waals surface area contributed by atoms with Crippen molar-refractivity contribution in [2.75, 3.05) is 11.9 Å². The van der Waals surface area contributed by atoms with E-state index in [1.54, 1.807) is 23.9 Å². The van der Waals surface area contributed by atoms with Gasteiger partial charge in [-0.3, -0.25) is 4.79 Å². The number of carbonyl (C=O) groups is 1. The van der Waals surface area contributed by atoms with Crippen LogP contribution in [0.15, 0.2) is 46.9 Å². The van der Waals surface area contributed by atoms with Gasteiger partial charge in [-0.1, -0.05) is 38.8 Å². The molecule has 1 fully saturated rings. The summed E-state index contributed by atoms with van der Waals surface area (Å²) in [6.45, 7) is 2.02. The highest BCUT2D eigenvalue weighted by molar-refractivity contribution is 9.10. The summed E-state index contributed by atoms with van der Waals surface area (Å²) in [4.78, 5) is 14.4. The van der Waals surface area contributed by atoms with E-state index < -0.39 is 5.82 Å². The molecule has 4 rings (SSSR count). The van der Waals surface area contributed by atoms with Crippen molar-refractivity contribution in [3.05, 3.63) is 69.7 Å². The number of rotatable bonds is 4. The van der Waals surface area contributed by atoms with Crippen LogP contribution in [0.25, 0.3) is 5.69 Å². The number of nitrogens with zero attached hydrogens (tertiary/aromatic N) is 4. The van der Waals surface area contributed by atoms with Crippen molar-refractivity contribution in [1.82, 2.24) is 15.0 Å². The molecule has 7 heteroatoms. The molecule has 1 aliphatic rings. The molecule has 27 heavy (non-hydrogen) atoms. The smallest absolute Gasteiger partial charge is 0.280 e. The molecule has 0 bridgehead atoms. The normalized spacial score (nSPS) is 13.6. The van der Waals surface area contributed by atoms with Crippen molar-refractivity contribution < 1.29 is 9.18 Å². The van der Waals surface area contributed by atoms with Crippen LogP contribution in [0.2, 0.25) is 0 Å². The van der Waals surface area contributed by atoms with Gasteiger partial charge in [0, 0.05) is 17.4 Å². The summed E-state index contributed by atoms with van der Waals surface area (Å²) in [6.07, 6.45) is 1.99. The predicted molar refractivity (Wildman–Crippen MR) is 105 cm³/mol. The third-order valence-electron chi connectivity index (χ3n) is 4.73. The zero-order valence-electron chi connectivity index (χ0n) is 15.0. The molecule has 1 aromatic heterocycles. The summed E-state index contributed by atoms with van der Waals surface area (Å²) in [5.74, 6) is -0.584. The number of hydrogen-bond donors (Lipinski definition) is 0. The number of aryl methyl sites for hydroxylation is 1. The Kier molecular flexibility index (Phi) is 4.55. The summed E-state index contributed by atoms with van der Waals surface area (Å²) < 4.78 is 16.6. The molecule has 1 amide bonds. The zero-order valence-corrected chi connectivity index (χ0v) is 16.6. The fourth-order valence-corrected chi connectivity index (χ4v) is 3.40. The molecular formula is C20H18BrFN4O. The maximum absolute atomic E-state index is 14.3. The Labute approximate surface area is 164 Å². The zero-order chi connectivity index (χ0) is 19.1. The predicted octanol–water partition coefficient (Wildman–Crippen LogP) is 4.63. The number of hydrogen-bond acceptors (Lipinski definition) is 3. The molecule has 1 heterocycles. The van der Waals surface area contributed by atoms with Crippen molar-refractivity contribution in [1.29, 1.82) is 0 Å². The molecule has 0 aliphatic heterocycles. The fraction of sp³-hybridized carbons (Fsp3) is 0.250. The Morgan fingerprint density at radius 2 is 1.93 bits per heavy atom. The average molecular weight is 429 g/mol. The van der Waals surface area contributed by atoms with Gasteiger partial charge < -0.3 is 4.90 Å². The van der Waals surface area contributed by atoms with Crippen molar-refractivity contribution in [3.8, 4) is 5.69 Å². The Morgan fingerprint density at radius 1 is 1.22 bits per heavy atom. The molecule has 3 aromatic rings. The van der Waals surface area contributed by atoms with Gasteiger partial charge in [0.2, 0.25) is 0 Å². The van der Waals surface area contributed by atoms with Crippen LogP contribution < -0.4 is 4.90 Å². The molecular weight excluding hydrogens is 411 g/mol. The van der Waals surface area contributed by atoms with Gasteiger partial charge in [0.25, 0.3) is 5.91 Å². The number of anilines is 1. The molecule has 138 valence electrons. The lowest BCUT2D eigenvalue weighted by atomic mass is 10.1. The first kappa shape index (κ1) is 17.9. The number of halogens is 2. The van der Waals surface area contributed by atoms with E-state index in [1.165, 1.54) is 11.0 Å². The molecule has 0 atom stereocenters. The van der Waals surface area contributed by atoms with E-state index in [1.807, 2.05) is 31.2 Å². The molecule has 0 N–H and O–H groups in total. The SMILES string of the molecule is Cc1ccc(-n2nnc(C(=O)N(C)c3ccc(Br)cc3F)c2C2CC2)cc1. The summed E-state index contributed by atoms with van der Waals surface area (Å²) in [6, 6.07) is 12.5. The molecule has 0 unspecified atom stereocenters. The van der Waals surface area contributed by atoms with Crippen LogP contribution in [0.3, 0.4) is 0 Å². The topological polar surface area (TPSA) is 51.0 Å². The van der Waals surface area contributed by atoms with Gasteiger partial charge in [-0.05, 0) is 50.1 Å². The van der Waals surface area contributed by atoms with Gasteiger partial charge in [-0.25, -0.2) is 9.07 Å². The van der Waals surface area contributed by atoms with Crippen molar-refractivity contribution in [2.45, 2.75) is 25.7 Å². The summed E-state index contributed by atoms with van der Waals surface area (Å²) >= 11 is 3.23. The summed E-state index contributed by atoms with van der Waals surface area (Å²) in [5, 5.41) is 8.39. The second-order valence-electron chi connectivity index (χ2n) is 6.80. The molecule has 1 aliphatic carbocycles. The first-order valence-electron chi connectivity index (χ1n) is 8.71. The van der Waals surface area contributed by atoms with Crippen LogP contribution >= 0.6 is 15.9 Å². The molecule has 0 saturated heterocycles. The highest BCUT2D eigenvalue weighted by atomic mass is 79.9. The minimum atomic E-state index is -0.473. The van der Waals surface area contributed by atoms with E-state index in [0.29, 0.717) is 4.47 Å². The van der Waals surface area contributed by atoms with Crippen molar-refractivity contribution >= 4 is 27.5 Å². The number of aromatic nitrogens is 3. The lowest BCUT2D eigenvalue weighted by molar-refractivity contribution is 0.0986. The van der Waals surface area contributed by atoms with Crippen LogP contribution in [-0.2, 0) is 0 Å². The second kappa shape index (κ2) is 6.88. The fourth-order valence-electron chi connectivity index (χ4n) is 3.06. The highest BCUT2D eigenvalue weighted by Crippen LogP contribution is 2.42. The number of carbonyl (C=O) groups excluding carboxylic acids is 1. The molecule has 0 spiro atoms. The Balaban J connectivity index is 1.73. The molecule has 0 radical (unpaired) electrons. The maximum atomic E-state index is 14.3. The quantitative estimate of drug-likeness (QED) is 0.608. The first-order valence-corrected chi connectivity index (χ1v) is 9.50. The van der Waals surface area contributed by atoms with Crippen LogP contribution in [0, 0.1) is 12.7 Å². The van der Waals surface area contributed by atoms with Crippen molar-refractivity contribution in [3.63, 3.8) is 0 Å². The Bertz CT molecular complexity index is 1010. The Morgan fingerprint density at radius 3 is 2.56 bits per heavy atom. The highest BCUT2D eigenvalue weighted by Gasteiger charge is 2.35. The molecule has 2 aromatic carbocycles. The second-order valence-corrected chi connectivity index (χ2v) is 7.72. The Hall–Kier alpha value is -2.54. The number of amides is 1. The third-order valence-corrected chi connectivity index (χ3v) is 5.22. The first-order chi connectivity index (χ1) is 13.0. The van der Waals surface area contributed by atoms with Crippen LogP contribution in [-0.4, -0.2) is 27.9 Å². The monoisotopic (exact) mass is 428 g/mol. The minimum Gasteiger partial charge on any atom is -0.307 e. The van der Waals surface area contributed by atoms with Gasteiger partial charge in [0.15, 0.2) is 5.69 Å². The summed E-state index contributed by atoms with van der Waals surface area (Å²) in [5.41, 5.74) is 3.30. The van der Waals surface area contributed by atoms with E-state index in [2.05, 4.69) is 26.2 Å². The minimum absolute atomic E-state index is 0.204. The van der Waals surface area contributed by atoms with Gasteiger partial charge in [0.05, 0.1) is 17.1 Å². The van der Waals surface area contributed by atoms with Gasteiger partial charge in [-0.2, -0.15) is 0 Å². The van der Waals surface area contributed by atoms with Crippen LogP contribution in [0.1, 0.15) is 40.5 Å². The third kappa shape index (κ3) is 3.39. The maximum Gasteiger partial charge on any atom is 0.280 e. The van der Waals surface area contributed by atoms with E-state index in [9.17, 15) is 9.18 Å². The van der Waals surface area contributed by atoms with E-state index >= 15 is 0 Å².